The fraction of sp³-hybridized carbons (Fsp3) is 0.706. The number of rotatable bonds is 11. The Morgan fingerprint density at radius 1 is 1.14 bits per heavy atom. The Morgan fingerprint density at radius 2 is 1.81 bits per heavy atom. The molecular weight excluding hydrogens is 266 g/mol. The van der Waals surface area contributed by atoms with Crippen LogP contribution in [-0.4, -0.2) is 54.0 Å². The van der Waals surface area contributed by atoms with Crippen LogP contribution in [0, 0.1) is 0 Å². The van der Waals surface area contributed by atoms with Crippen LogP contribution in [-0.2, 0) is 4.79 Å². The van der Waals surface area contributed by atoms with Gasteiger partial charge in [0.2, 0.25) is 0 Å². The first-order valence-corrected chi connectivity index (χ1v) is 7.77. The van der Waals surface area contributed by atoms with Gasteiger partial charge in [0.1, 0.15) is 12.1 Å². The van der Waals surface area contributed by atoms with Crippen molar-refractivity contribution >= 4 is 5.97 Å². The number of likely N-dealkylation sites (N-methyl/N-ethyl adjacent to an activating group) is 1. The van der Waals surface area contributed by atoms with E-state index < -0.39 is 11.6 Å². The third-order valence-electron chi connectivity index (χ3n) is 3.08. The average molecular weight is 298 g/mol. The van der Waals surface area contributed by atoms with Crippen LogP contribution in [0.3, 0.4) is 0 Å². The molecule has 0 aliphatic rings. The van der Waals surface area contributed by atoms with Gasteiger partial charge >= 0.3 is 5.97 Å². The maximum Gasteiger partial charge on any atom is 0.306 e. The molecule has 122 valence electrons. The van der Waals surface area contributed by atoms with Crippen LogP contribution < -0.4 is 0 Å². The second kappa shape index (κ2) is 9.74. The minimum atomic E-state index is -1.31. The topological polar surface area (TPSA) is 57.5 Å². The molecule has 1 atom stereocenters. The zero-order valence-electron chi connectivity index (χ0n) is 14.0. The summed E-state index contributed by atoms with van der Waals surface area (Å²) < 4.78 is 0.509. The van der Waals surface area contributed by atoms with Crippen LogP contribution in [0.25, 0.3) is 0 Å². The minimum Gasteiger partial charge on any atom is -0.481 e. The maximum absolute atomic E-state index is 10.9. The van der Waals surface area contributed by atoms with Crippen LogP contribution in [0.1, 0.15) is 45.4 Å². The molecule has 0 aromatic heterocycles. The predicted molar refractivity (Wildman–Crippen MR) is 87.1 cm³/mol. The Balaban J connectivity index is 4.42. The second-order valence-electron chi connectivity index (χ2n) is 6.76. The summed E-state index contributed by atoms with van der Waals surface area (Å²) in [4.78, 5) is 10.9. The normalized spacial score (nSPS) is 15.7. The summed E-state index contributed by atoms with van der Waals surface area (Å²) >= 11 is 0. The number of hydrogen-bond donors (Lipinski definition) is 2. The Labute approximate surface area is 129 Å². The smallest absolute Gasteiger partial charge is 0.306 e. The number of quaternary nitrogens is 1. The molecule has 0 rings (SSSR count). The average Bonchev–Trinajstić information content (AvgIpc) is 2.29. The van der Waals surface area contributed by atoms with Gasteiger partial charge in [0.25, 0.3) is 0 Å². The molecular formula is C17H32NO3+. The first-order chi connectivity index (χ1) is 9.68. The van der Waals surface area contributed by atoms with Gasteiger partial charge in [-0.2, -0.15) is 0 Å². The highest BCUT2D eigenvalue weighted by Crippen LogP contribution is 2.16. The summed E-state index contributed by atoms with van der Waals surface area (Å²) in [5.41, 5.74) is -1.31. The molecule has 4 heteroatoms. The monoisotopic (exact) mass is 298 g/mol. The Bertz CT molecular complexity index is 356. The lowest BCUT2D eigenvalue weighted by atomic mass is 9.97. The summed E-state index contributed by atoms with van der Waals surface area (Å²) in [7, 11) is 5.80. The molecule has 0 saturated carbocycles. The van der Waals surface area contributed by atoms with E-state index in [-0.39, 0.29) is 6.42 Å². The molecule has 0 bridgehead atoms. The van der Waals surface area contributed by atoms with E-state index in [1.54, 1.807) is 12.2 Å². The summed E-state index contributed by atoms with van der Waals surface area (Å²) in [5, 5.41) is 19.4. The highest BCUT2D eigenvalue weighted by molar-refractivity contribution is 5.68. The number of unbranched alkanes of at least 4 members (excludes halogenated alkanes) is 4. The summed E-state index contributed by atoms with van der Waals surface area (Å²) in [5.74, 6) is -0.987. The highest BCUT2D eigenvalue weighted by Gasteiger charge is 2.33. The number of carbonyl (C=O) groups is 1. The van der Waals surface area contributed by atoms with Gasteiger partial charge < -0.3 is 14.7 Å². The molecule has 0 aromatic carbocycles. The minimum absolute atomic E-state index is 0.274. The Hall–Kier alpha value is -1.13. The molecule has 0 aliphatic carbocycles. The number of nitrogens with zero attached hydrogens (tertiary/aromatic N) is 1. The summed E-state index contributed by atoms with van der Waals surface area (Å²) in [6, 6.07) is 0. The van der Waals surface area contributed by atoms with Gasteiger partial charge in [0.05, 0.1) is 27.6 Å². The molecule has 2 N–H and O–H groups in total. The van der Waals surface area contributed by atoms with Gasteiger partial charge in [-0.25, -0.2) is 0 Å². The third kappa shape index (κ3) is 12.3. The van der Waals surface area contributed by atoms with Crippen LogP contribution >= 0.6 is 0 Å². The Morgan fingerprint density at radius 3 is 2.33 bits per heavy atom. The van der Waals surface area contributed by atoms with Crippen LogP contribution in [0.2, 0.25) is 0 Å². The van der Waals surface area contributed by atoms with Gasteiger partial charge in [-0.05, 0) is 18.9 Å². The standard InChI is InChI=1S/C17H31NO3/c1-5-6-7-8-9-10-11-12-13-17(21,14-16(19)20)15-18(2,3)4/h10-13,21H,5-9,14-15H2,1-4H3/p+1/b11-10+,13-12+. The van der Waals surface area contributed by atoms with Crippen molar-refractivity contribution in [3.8, 4) is 0 Å². The molecule has 0 aromatic rings. The van der Waals surface area contributed by atoms with Crippen molar-refractivity contribution in [3.05, 3.63) is 24.3 Å². The SMILES string of the molecule is CCCCCC/C=C/C=C/C(O)(CC(=O)O)C[N+](C)(C)C. The third-order valence-corrected chi connectivity index (χ3v) is 3.08. The zero-order chi connectivity index (χ0) is 16.4. The van der Waals surface area contributed by atoms with E-state index in [1.807, 2.05) is 27.2 Å². The molecule has 0 fully saturated rings. The van der Waals surface area contributed by atoms with Crippen molar-refractivity contribution in [2.24, 2.45) is 0 Å². The van der Waals surface area contributed by atoms with E-state index in [0.29, 0.717) is 11.0 Å². The number of aliphatic hydroxyl groups is 1. The first kappa shape index (κ1) is 19.9. The fourth-order valence-electron chi connectivity index (χ4n) is 2.35. The predicted octanol–water partition coefficient (Wildman–Crippen LogP) is 2.98. The largest absolute Gasteiger partial charge is 0.481 e. The van der Waals surface area contributed by atoms with Crippen LogP contribution in [0.5, 0.6) is 0 Å². The first-order valence-electron chi connectivity index (χ1n) is 7.77. The van der Waals surface area contributed by atoms with E-state index in [9.17, 15) is 9.90 Å². The van der Waals surface area contributed by atoms with Gasteiger partial charge in [0, 0.05) is 0 Å². The molecule has 0 saturated heterocycles. The van der Waals surface area contributed by atoms with Crippen molar-refractivity contribution in [2.45, 2.75) is 51.0 Å². The lowest BCUT2D eigenvalue weighted by Gasteiger charge is -2.32. The number of carboxylic acid groups (broad SMARTS) is 1. The van der Waals surface area contributed by atoms with Crippen molar-refractivity contribution in [1.29, 1.82) is 0 Å². The van der Waals surface area contributed by atoms with Gasteiger partial charge in [-0.3, -0.25) is 4.79 Å². The van der Waals surface area contributed by atoms with Crippen molar-refractivity contribution in [1.82, 2.24) is 0 Å². The van der Waals surface area contributed by atoms with E-state index in [2.05, 4.69) is 13.0 Å². The second-order valence-corrected chi connectivity index (χ2v) is 6.76. The molecule has 21 heavy (non-hydrogen) atoms. The van der Waals surface area contributed by atoms with Gasteiger partial charge in [-0.15, -0.1) is 0 Å². The quantitative estimate of drug-likeness (QED) is 0.350. The van der Waals surface area contributed by atoms with E-state index in [4.69, 9.17) is 5.11 Å². The number of allylic oxidation sites excluding steroid dienone is 3. The number of aliphatic carboxylic acids is 1. The lowest BCUT2D eigenvalue weighted by molar-refractivity contribution is -0.876. The maximum atomic E-state index is 10.9. The highest BCUT2D eigenvalue weighted by atomic mass is 16.4. The molecule has 0 amide bonds. The van der Waals surface area contributed by atoms with Crippen LogP contribution in [0.15, 0.2) is 24.3 Å². The molecule has 0 heterocycles. The summed E-state index contributed by atoms with van der Waals surface area (Å²) in [6.07, 6.45) is 13.0. The van der Waals surface area contributed by atoms with Crippen molar-refractivity contribution in [2.75, 3.05) is 27.7 Å². The van der Waals surface area contributed by atoms with Crippen molar-refractivity contribution in [3.63, 3.8) is 0 Å². The lowest BCUT2D eigenvalue weighted by Crippen LogP contribution is -2.49. The molecule has 4 nitrogen and oxygen atoms in total. The van der Waals surface area contributed by atoms with E-state index >= 15 is 0 Å². The van der Waals surface area contributed by atoms with Crippen LogP contribution in [0.4, 0.5) is 0 Å². The van der Waals surface area contributed by atoms with Crippen molar-refractivity contribution < 1.29 is 19.5 Å². The number of hydrogen-bond acceptors (Lipinski definition) is 2. The number of carboxylic acids is 1. The zero-order valence-corrected chi connectivity index (χ0v) is 14.0. The van der Waals surface area contributed by atoms with E-state index in [1.165, 1.54) is 25.7 Å². The molecule has 1 unspecified atom stereocenters. The summed E-state index contributed by atoms with van der Waals surface area (Å²) in [6.45, 7) is 2.55. The fourth-order valence-corrected chi connectivity index (χ4v) is 2.35. The Kier molecular flexibility index (Phi) is 9.22. The van der Waals surface area contributed by atoms with E-state index in [0.717, 1.165) is 6.42 Å². The molecule has 0 aliphatic heterocycles. The van der Waals surface area contributed by atoms with Gasteiger partial charge in [-0.1, -0.05) is 44.4 Å². The van der Waals surface area contributed by atoms with Gasteiger partial charge in [0.15, 0.2) is 0 Å². The molecule has 0 radical (unpaired) electrons. The molecule has 0 spiro atoms.